The molecule has 0 fully saturated rings. The molecule has 6 nitrogen and oxygen atoms in total. The molecule has 0 unspecified atom stereocenters. The maximum atomic E-state index is 12.3. The molecule has 0 spiro atoms. The Labute approximate surface area is 162 Å². The zero-order chi connectivity index (χ0) is 19.1. The summed E-state index contributed by atoms with van der Waals surface area (Å²) in [6.45, 7) is 3.08. The van der Waals surface area contributed by atoms with Crippen LogP contribution in [0.25, 0.3) is 0 Å². The van der Waals surface area contributed by atoms with Gasteiger partial charge in [0.05, 0.1) is 12.2 Å². The van der Waals surface area contributed by atoms with Crippen LogP contribution in [0.5, 0.6) is 5.75 Å². The predicted octanol–water partition coefficient (Wildman–Crippen LogP) is 4.39. The molecule has 0 aliphatic rings. The lowest BCUT2D eigenvalue weighted by Crippen LogP contribution is -2.13. The van der Waals surface area contributed by atoms with Crippen LogP contribution in [-0.4, -0.2) is 22.5 Å². The molecule has 2 N–H and O–H groups in total. The van der Waals surface area contributed by atoms with E-state index in [1.807, 2.05) is 31.2 Å². The van der Waals surface area contributed by atoms with Crippen molar-refractivity contribution in [2.75, 3.05) is 17.2 Å². The second kappa shape index (κ2) is 9.00. The van der Waals surface area contributed by atoms with Crippen molar-refractivity contribution in [3.05, 3.63) is 77.1 Å². The van der Waals surface area contributed by atoms with E-state index >= 15 is 0 Å². The topological polar surface area (TPSA) is 76.1 Å². The van der Waals surface area contributed by atoms with Crippen LogP contribution in [-0.2, 0) is 6.54 Å². The van der Waals surface area contributed by atoms with Gasteiger partial charge in [-0.25, -0.2) is 9.97 Å². The van der Waals surface area contributed by atoms with Crippen molar-refractivity contribution in [1.29, 1.82) is 0 Å². The summed E-state index contributed by atoms with van der Waals surface area (Å²) in [5.74, 6) is 0.931. The third-order valence-electron chi connectivity index (χ3n) is 3.70. The van der Waals surface area contributed by atoms with Gasteiger partial charge in [0.25, 0.3) is 5.91 Å². The van der Waals surface area contributed by atoms with Gasteiger partial charge in [0, 0.05) is 29.6 Å². The minimum atomic E-state index is -0.275. The number of carbonyl (C=O) groups is 1. The number of benzene rings is 2. The smallest absolute Gasteiger partial charge is 0.258 e. The molecule has 7 heteroatoms. The largest absolute Gasteiger partial charge is 0.494 e. The van der Waals surface area contributed by atoms with Gasteiger partial charge >= 0.3 is 0 Å². The number of ether oxygens (including phenoxy) is 1. The van der Waals surface area contributed by atoms with Crippen LogP contribution in [0.1, 0.15) is 22.8 Å². The van der Waals surface area contributed by atoms with Gasteiger partial charge in [-0.1, -0.05) is 23.7 Å². The van der Waals surface area contributed by atoms with Crippen LogP contribution >= 0.6 is 11.6 Å². The van der Waals surface area contributed by atoms with E-state index < -0.39 is 0 Å². The van der Waals surface area contributed by atoms with Gasteiger partial charge in [-0.05, 0) is 48.9 Å². The summed E-state index contributed by atoms with van der Waals surface area (Å²) in [6.07, 6.45) is 2.97. The fourth-order valence-electron chi connectivity index (χ4n) is 2.32. The van der Waals surface area contributed by atoms with Crippen molar-refractivity contribution >= 4 is 29.1 Å². The highest BCUT2D eigenvalue weighted by molar-refractivity contribution is 6.30. The number of aromatic nitrogens is 2. The van der Waals surface area contributed by atoms with E-state index in [0.717, 1.165) is 11.3 Å². The maximum absolute atomic E-state index is 12.3. The third kappa shape index (κ3) is 5.43. The molecule has 1 aromatic heterocycles. The molecule has 0 radical (unpaired) electrons. The van der Waals surface area contributed by atoms with Gasteiger partial charge in [-0.15, -0.1) is 0 Å². The van der Waals surface area contributed by atoms with Gasteiger partial charge in [-0.2, -0.15) is 0 Å². The van der Waals surface area contributed by atoms with E-state index in [1.165, 1.54) is 12.4 Å². The first-order valence-corrected chi connectivity index (χ1v) is 8.86. The van der Waals surface area contributed by atoms with Crippen molar-refractivity contribution in [1.82, 2.24) is 9.97 Å². The number of nitrogens with one attached hydrogen (secondary N) is 2. The summed E-state index contributed by atoms with van der Waals surface area (Å²) >= 11 is 5.87. The molecule has 0 atom stereocenters. The van der Waals surface area contributed by atoms with E-state index in [4.69, 9.17) is 16.3 Å². The van der Waals surface area contributed by atoms with Crippen LogP contribution < -0.4 is 15.4 Å². The van der Waals surface area contributed by atoms with E-state index in [-0.39, 0.29) is 5.91 Å². The number of carbonyl (C=O) groups excluding carboxylic acids is 1. The normalized spacial score (nSPS) is 10.3. The van der Waals surface area contributed by atoms with Crippen molar-refractivity contribution in [2.24, 2.45) is 0 Å². The summed E-state index contributed by atoms with van der Waals surface area (Å²) in [6, 6.07) is 14.7. The summed E-state index contributed by atoms with van der Waals surface area (Å²) in [5.41, 5.74) is 2.11. The van der Waals surface area contributed by atoms with E-state index in [0.29, 0.717) is 35.4 Å². The Balaban J connectivity index is 1.55. The molecule has 0 aliphatic heterocycles. The Bertz CT molecular complexity index is 881. The molecular formula is C20H19ClN4O2. The number of halogens is 1. The third-order valence-corrected chi connectivity index (χ3v) is 3.95. The zero-order valence-electron chi connectivity index (χ0n) is 14.8. The second-order valence-electron chi connectivity index (χ2n) is 5.69. The van der Waals surface area contributed by atoms with Gasteiger partial charge in [0.2, 0.25) is 5.95 Å². The average molecular weight is 383 g/mol. The average Bonchev–Trinajstić information content (AvgIpc) is 2.70. The van der Waals surface area contributed by atoms with Crippen molar-refractivity contribution in [3.8, 4) is 5.75 Å². The van der Waals surface area contributed by atoms with E-state index in [1.54, 1.807) is 24.3 Å². The highest BCUT2D eigenvalue weighted by Crippen LogP contribution is 2.16. The molecule has 1 heterocycles. The van der Waals surface area contributed by atoms with Gasteiger partial charge in [0.1, 0.15) is 5.75 Å². The number of amides is 1. The lowest BCUT2D eigenvalue weighted by Gasteiger charge is -2.08. The second-order valence-corrected chi connectivity index (χ2v) is 6.12. The van der Waals surface area contributed by atoms with Gasteiger partial charge < -0.3 is 15.4 Å². The fraction of sp³-hybridized carbons (Fsp3) is 0.150. The fourth-order valence-corrected chi connectivity index (χ4v) is 2.45. The van der Waals surface area contributed by atoms with Crippen LogP contribution in [0.2, 0.25) is 5.02 Å². The highest BCUT2D eigenvalue weighted by Gasteiger charge is 2.08. The predicted molar refractivity (Wildman–Crippen MR) is 106 cm³/mol. The number of hydrogen-bond acceptors (Lipinski definition) is 5. The van der Waals surface area contributed by atoms with Crippen LogP contribution in [0.15, 0.2) is 60.9 Å². The van der Waals surface area contributed by atoms with Crippen LogP contribution in [0.3, 0.4) is 0 Å². The Hall–Kier alpha value is -3.12. The summed E-state index contributed by atoms with van der Waals surface area (Å²) in [5, 5.41) is 6.60. The minimum absolute atomic E-state index is 0.275. The minimum Gasteiger partial charge on any atom is -0.494 e. The number of nitrogens with zero attached hydrogens (tertiary/aromatic N) is 2. The standard InChI is InChI=1S/C20H19ClN4O2/c1-2-27-18-9-7-17(8-10-18)25-19(26)15-12-23-20(24-13-15)22-11-14-3-5-16(21)6-4-14/h3-10,12-13H,2,11H2,1H3,(H,25,26)(H,22,23,24). The van der Waals surface area contributed by atoms with Crippen LogP contribution in [0.4, 0.5) is 11.6 Å². The molecule has 3 rings (SSSR count). The van der Waals surface area contributed by atoms with Gasteiger partial charge in [0.15, 0.2) is 0 Å². The molecule has 0 saturated heterocycles. The number of hydrogen-bond donors (Lipinski definition) is 2. The molecule has 0 aliphatic carbocycles. The Kier molecular flexibility index (Phi) is 6.22. The molecule has 0 bridgehead atoms. The molecule has 1 amide bonds. The van der Waals surface area contributed by atoms with E-state index in [9.17, 15) is 4.79 Å². The Morgan fingerprint density at radius 1 is 1.04 bits per heavy atom. The lowest BCUT2D eigenvalue weighted by atomic mass is 10.2. The molecule has 3 aromatic rings. The first-order valence-electron chi connectivity index (χ1n) is 8.48. The highest BCUT2D eigenvalue weighted by atomic mass is 35.5. The Morgan fingerprint density at radius 2 is 1.70 bits per heavy atom. The summed E-state index contributed by atoms with van der Waals surface area (Å²) in [7, 11) is 0. The molecular weight excluding hydrogens is 364 g/mol. The molecule has 27 heavy (non-hydrogen) atoms. The van der Waals surface area contributed by atoms with Crippen molar-refractivity contribution < 1.29 is 9.53 Å². The van der Waals surface area contributed by atoms with Crippen molar-refractivity contribution in [2.45, 2.75) is 13.5 Å². The zero-order valence-corrected chi connectivity index (χ0v) is 15.5. The maximum Gasteiger partial charge on any atom is 0.258 e. The molecule has 0 saturated carbocycles. The summed E-state index contributed by atoms with van der Waals surface area (Å²) in [4.78, 5) is 20.7. The first-order chi connectivity index (χ1) is 13.1. The SMILES string of the molecule is CCOc1ccc(NC(=O)c2cnc(NCc3ccc(Cl)cc3)nc2)cc1. The number of rotatable bonds is 7. The van der Waals surface area contributed by atoms with Crippen molar-refractivity contribution in [3.63, 3.8) is 0 Å². The number of anilines is 2. The van der Waals surface area contributed by atoms with Crippen LogP contribution in [0, 0.1) is 0 Å². The Morgan fingerprint density at radius 3 is 2.33 bits per heavy atom. The quantitative estimate of drug-likeness (QED) is 0.633. The molecule has 2 aromatic carbocycles. The van der Waals surface area contributed by atoms with Gasteiger partial charge in [-0.3, -0.25) is 4.79 Å². The lowest BCUT2D eigenvalue weighted by molar-refractivity contribution is 0.102. The monoisotopic (exact) mass is 382 g/mol. The summed E-state index contributed by atoms with van der Waals surface area (Å²) < 4.78 is 5.38. The van der Waals surface area contributed by atoms with E-state index in [2.05, 4.69) is 20.6 Å². The molecule has 138 valence electrons. The first kappa shape index (κ1) is 18.7.